The van der Waals surface area contributed by atoms with E-state index < -0.39 is 39.0 Å². The van der Waals surface area contributed by atoms with Gasteiger partial charge in [-0.25, -0.2) is 13.2 Å². The zero-order valence-electron chi connectivity index (χ0n) is 16.8. The maximum atomic E-state index is 12.6. The van der Waals surface area contributed by atoms with Crippen LogP contribution in [0.3, 0.4) is 0 Å². The molecule has 2 aromatic carbocycles. The van der Waals surface area contributed by atoms with Crippen LogP contribution in [0, 0.1) is 25.2 Å². The number of carbonyl (C=O) groups is 2. The Morgan fingerprint density at radius 2 is 1.68 bits per heavy atom. The lowest BCUT2D eigenvalue weighted by atomic mass is 10.1. The first kappa shape index (κ1) is 24.0. The molecule has 0 aliphatic heterocycles. The van der Waals surface area contributed by atoms with Crippen molar-refractivity contribution in [3.8, 4) is 6.07 Å². The normalized spacial score (nSPS) is 11.1. The highest BCUT2D eigenvalue weighted by Gasteiger charge is 2.26. The van der Waals surface area contributed by atoms with Crippen molar-refractivity contribution in [1.82, 2.24) is 0 Å². The van der Waals surface area contributed by atoms with Gasteiger partial charge in [0.05, 0.1) is 22.9 Å². The number of anilines is 1. The molecule has 0 aliphatic rings. The molecule has 0 radical (unpaired) electrons. The van der Waals surface area contributed by atoms with Gasteiger partial charge in [-0.3, -0.25) is 4.79 Å². The monoisotopic (exact) mass is 450 g/mol. The number of hydrogen-bond acceptors (Lipinski definition) is 6. The SMILES string of the molecule is Cc1cc(C)cc(N(CCC#N)C(=O)COC(=O)c2ccc(S(=O)(=O)C(F)F)cc2)c1. The van der Waals surface area contributed by atoms with Gasteiger partial charge in [0.15, 0.2) is 6.61 Å². The van der Waals surface area contributed by atoms with Gasteiger partial charge in [0.25, 0.3) is 5.91 Å². The largest absolute Gasteiger partial charge is 0.452 e. The maximum absolute atomic E-state index is 12.6. The molecule has 0 N–H and O–H groups in total. The number of nitrogens with zero attached hydrogens (tertiary/aromatic N) is 2. The smallest absolute Gasteiger partial charge is 0.341 e. The minimum Gasteiger partial charge on any atom is -0.452 e. The van der Waals surface area contributed by atoms with Crippen molar-refractivity contribution in [1.29, 1.82) is 5.26 Å². The fourth-order valence-electron chi connectivity index (χ4n) is 2.84. The number of ether oxygens (including phenoxy) is 1. The lowest BCUT2D eigenvalue weighted by molar-refractivity contribution is -0.121. The molecular formula is C21H20F2N2O5S. The van der Waals surface area contributed by atoms with Crippen molar-refractivity contribution in [2.75, 3.05) is 18.1 Å². The zero-order chi connectivity index (χ0) is 23.2. The first-order valence-electron chi connectivity index (χ1n) is 9.11. The van der Waals surface area contributed by atoms with Crippen molar-refractivity contribution >= 4 is 27.4 Å². The van der Waals surface area contributed by atoms with Crippen molar-refractivity contribution in [2.24, 2.45) is 0 Å². The lowest BCUT2D eigenvalue weighted by Gasteiger charge is -2.22. The summed E-state index contributed by atoms with van der Waals surface area (Å²) in [7, 11) is -4.78. The van der Waals surface area contributed by atoms with Crippen LogP contribution in [0.25, 0.3) is 0 Å². The number of carbonyl (C=O) groups excluding carboxylic acids is 2. The molecule has 0 heterocycles. The molecule has 31 heavy (non-hydrogen) atoms. The summed E-state index contributed by atoms with van der Waals surface area (Å²) in [5, 5.41) is 8.87. The summed E-state index contributed by atoms with van der Waals surface area (Å²) in [5.74, 6) is -5.05. The van der Waals surface area contributed by atoms with Crippen LogP contribution in [0.1, 0.15) is 27.9 Å². The second kappa shape index (κ2) is 10.1. The van der Waals surface area contributed by atoms with Gasteiger partial charge in [0.2, 0.25) is 9.84 Å². The third-order valence-corrected chi connectivity index (χ3v) is 5.64. The van der Waals surface area contributed by atoms with Crippen molar-refractivity contribution in [2.45, 2.75) is 30.9 Å². The highest BCUT2D eigenvalue weighted by Crippen LogP contribution is 2.21. The summed E-state index contributed by atoms with van der Waals surface area (Å²) in [4.78, 5) is 25.5. The molecule has 0 bridgehead atoms. The number of alkyl halides is 2. The van der Waals surface area contributed by atoms with Crippen LogP contribution in [0.15, 0.2) is 47.4 Å². The molecule has 0 aromatic heterocycles. The molecule has 1 amide bonds. The van der Waals surface area contributed by atoms with E-state index in [0.717, 1.165) is 35.4 Å². The molecule has 0 fully saturated rings. The molecule has 0 saturated heterocycles. The minimum absolute atomic E-state index is 0.0761. The van der Waals surface area contributed by atoms with Crippen LogP contribution in [0.4, 0.5) is 14.5 Å². The van der Waals surface area contributed by atoms with Gasteiger partial charge in [-0.2, -0.15) is 14.0 Å². The Labute approximate surface area is 178 Å². The molecule has 10 heteroatoms. The topological polar surface area (TPSA) is 105 Å². The Hall–Kier alpha value is -3.32. The highest BCUT2D eigenvalue weighted by atomic mass is 32.2. The van der Waals surface area contributed by atoms with Crippen LogP contribution < -0.4 is 4.90 Å². The van der Waals surface area contributed by atoms with E-state index in [1.54, 1.807) is 12.1 Å². The number of sulfone groups is 1. The second-order valence-electron chi connectivity index (χ2n) is 6.71. The van der Waals surface area contributed by atoms with Crippen molar-refractivity contribution < 1.29 is 31.5 Å². The van der Waals surface area contributed by atoms with Gasteiger partial charge in [-0.05, 0) is 61.4 Å². The first-order valence-corrected chi connectivity index (χ1v) is 10.7. The van der Waals surface area contributed by atoms with Crippen LogP contribution in [-0.2, 0) is 19.4 Å². The number of benzene rings is 2. The van der Waals surface area contributed by atoms with Crippen LogP contribution in [-0.4, -0.2) is 39.2 Å². The van der Waals surface area contributed by atoms with Crippen LogP contribution in [0.2, 0.25) is 0 Å². The minimum atomic E-state index is -4.78. The average Bonchev–Trinajstić information content (AvgIpc) is 2.71. The van der Waals surface area contributed by atoms with E-state index in [1.807, 2.05) is 26.0 Å². The average molecular weight is 450 g/mol. The second-order valence-corrected chi connectivity index (χ2v) is 8.62. The summed E-state index contributed by atoms with van der Waals surface area (Å²) in [6.07, 6.45) is 0.0761. The molecule has 0 atom stereocenters. The summed E-state index contributed by atoms with van der Waals surface area (Å²) in [6, 6.07) is 11.2. The van der Waals surface area contributed by atoms with Crippen LogP contribution in [0.5, 0.6) is 0 Å². The molecule has 2 rings (SSSR count). The van der Waals surface area contributed by atoms with E-state index in [9.17, 15) is 26.8 Å². The summed E-state index contributed by atoms with van der Waals surface area (Å²) in [5.41, 5.74) is 2.30. The third-order valence-electron chi connectivity index (χ3n) is 4.25. The Kier molecular flexibility index (Phi) is 7.83. The molecular weight excluding hydrogens is 430 g/mol. The number of hydrogen-bond donors (Lipinski definition) is 0. The molecule has 0 unspecified atom stereocenters. The van der Waals surface area contributed by atoms with Gasteiger partial charge in [-0.1, -0.05) is 6.07 Å². The number of esters is 1. The Morgan fingerprint density at radius 1 is 1.10 bits per heavy atom. The predicted octanol–water partition coefficient (Wildman–Crippen LogP) is 3.40. The lowest BCUT2D eigenvalue weighted by Crippen LogP contribution is -2.35. The number of rotatable bonds is 8. The van der Waals surface area contributed by atoms with E-state index in [2.05, 4.69) is 0 Å². The predicted molar refractivity (Wildman–Crippen MR) is 108 cm³/mol. The van der Waals surface area contributed by atoms with E-state index in [-0.39, 0.29) is 18.5 Å². The van der Waals surface area contributed by atoms with Gasteiger partial charge in [0.1, 0.15) is 0 Å². The fraction of sp³-hybridized carbons (Fsp3) is 0.286. The molecule has 0 spiro atoms. The molecule has 0 aliphatic carbocycles. The van der Waals surface area contributed by atoms with E-state index in [0.29, 0.717) is 5.69 Å². The standard InChI is InChI=1S/C21H20F2N2O5S/c1-14-10-15(2)12-17(11-14)25(9-3-8-24)19(26)13-30-20(27)16-4-6-18(7-5-16)31(28,29)21(22)23/h4-7,10-12,21H,3,9,13H2,1-2H3. The molecule has 164 valence electrons. The van der Waals surface area contributed by atoms with Gasteiger partial charge < -0.3 is 9.64 Å². The molecule has 2 aromatic rings. The maximum Gasteiger partial charge on any atom is 0.341 e. The molecule has 0 saturated carbocycles. The van der Waals surface area contributed by atoms with Crippen molar-refractivity contribution in [3.63, 3.8) is 0 Å². The van der Waals surface area contributed by atoms with Gasteiger partial charge in [-0.15, -0.1) is 0 Å². The van der Waals surface area contributed by atoms with Gasteiger partial charge >= 0.3 is 11.7 Å². The Balaban J connectivity index is 2.11. The van der Waals surface area contributed by atoms with E-state index in [4.69, 9.17) is 10.00 Å². The Morgan fingerprint density at radius 3 is 2.19 bits per heavy atom. The highest BCUT2D eigenvalue weighted by molar-refractivity contribution is 7.91. The van der Waals surface area contributed by atoms with Crippen LogP contribution >= 0.6 is 0 Å². The zero-order valence-corrected chi connectivity index (χ0v) is 17.7. The summed E-state index contributed by atoms with van der Waals surface area (Å²) >= 11 is 0. The summed E-state index contributed by atoms with van der Waals surface area (Å²) in [6.45, 7) is 3.22. The number of nitriles is 1. The number of aryl methyl sites for hydroxylation is 2. The third kappa shape index (κ3) is 6.08. The van der Waals surface area contributed by atoms with Gasteiger partial charge in [0, 0.05) is 12.2 Å². The Bertz CT molecular complexity index is 1090. The number of halogens is 2. The fourth-order valence-corrected chi connectivity index (χ4v) is 3.56. The summed E-state index contributed by atoms with van der Waals surface area (Å²) < 4.78 is 53.0. The number of amides is 1. The molecule has 7 nitrogen and oxygen atoms in total. The van der Waals surface area contributed by atoms with E-state index >= 15 is 0 Å². The quantitative estimate of drug-likeness (QED) is 0.571. The first-order chi connectivity index (χ1) is 14.6. The van der Waals surface area contributed by atoms with E-state index in [1.165, 1.54) is 4.90 Å². The van der Waals surface area contributed by atoms with Crippen molar-refractivity contribution in [3.05, 3.63) is 59.2 Å².